The summed E-state index contributed by atoms with van der Waals surface area (Å²) in [6, 6.07) is 3.89. The molecule has 0 amide bonds. The van der Waals surface area contributed by atoms with E-state index >= 15 is 0 Å². The lowest BCUT2D eigenvalue weighted by Gasteiger charge is -2.01. The van der Waals surface area contributed by atoms with Crippen LogP contribution in [0.3, 0.4) is 0 Å². The summed E-state index contributed by atoms with van der Waals surface area (Å²) in [6.07, 6.45) is 0. The summed E-state index contributed by atoms with van der Waals surface area (Å²) in [5.41, 5.74) is 2.08. The summed E-state index contributed by atoms with van der Waals surface area (Å²) in [7, 11) is 0. The molecule has 0 fully saturated rings. The number of aliphatic hydroxyl groups is 1. The van der Waals surface area contributed by atoms with Crippen LogP contribution in [0.1, 0.15) is 11.1 Å². The quantitative estimate of drug-likeness (QED) is 0.832. The van der Waals surface area contributed by atoms with Crippen LogP contribution in [0.5, 0.6) is 0 Å². The van der Waals surface area contributed by atoms with Gasteiger partial charge in [-0.25, -0.2) is 0 Å². The van der Waals surface area contributed by atoms with Gasteiger partial charge >= 0.3 is 0 Å². The average Bonchev–Trinajstić information content (AvgIpc) is 2.63. The first-order chi connectivity index (χ1) is 6.77. The summed E-state index contributed by atoms with van der Waals surface area (Å²) in [4.78, 5) is 0. The number of benzene rings is 1. The van der Waals surface area contributed by atoms with E-state index in [2.05, 4.69) is 15.9 Å². The van der Waals surface area contributed by atoms with Crippen LogP contribution in [-0.4, -0.2) is 5.11 Å². The highest BCUT2D eigenvalue weighted by Gasteiger charge is 2.09. The van der Waals surface area contributed by atoms with Crippen molar-refractivity contribution in [3.05, 3.63) is 33.1 Å². The van der Waals surface area contributed by atoms with E-state index in [1.165, 1.54) is 0 Å². The third kappa shape index (κ3) is 1.58. The zero-order chi connectivity index (χ0) is 10.1. The van der Waals surface area contributed by atoms with Gasteiger partial charge in [0.1, 0.15) is 0 Å². The smallest absolute Gasteiger partial charge is 0.0695 e. The fourth-order valence-electron chi connectivity index (χ4n) is 1.45. The van der Waals surface area contributed by atoms with Crippen molar-refractivity contribution < 1.29 is 5.11 Å². The monoisotopic (exact) mass is 290 g/mol. The predicted octanol–water partition coefficient (Wildman–Crippen LogP) is 3.89. The molecule has 0 aliphatic heterocycles. The zero-order valence-corrected chi connectivity index (χ0v) is 10.4. The summed E-state index contributed by atoms with van der Waals surface area (Å²) in [5.74, 6) is 0.507. The highest BCUT2D eigenvalue weighted by Crippen LogP contribution is 2.35. The molecule has 0 aliphatic rings. The Balaban J connectivity index is 2.80. The fourth-order valence-corrected chi connectivity index (χ4v) is 3.57. The lowest BCUT2D eigenvalue weighted by molar-refractivity contribution is 0.283. The maximum Gasteiger partial charge on any atom is 0.0695 e. The molecule has 4 heteroatoms. The minimum Gasteiger partial charge on any atom is -0.392 e. The zero-order valence-electron chi connectivity index (χ0n) is 7.26. The number of rotatable bonds is 2. The van der Waals surface area contributed by atoms with Crippen LogP contribution in [0.2, 0.25) is 0 Å². The van der Waals surface area contributed by atoms with Gasteiger partial charge in [0, 0.05) is 20.4 Å². The predicted molar refractivity (Wildman–Crippen MR) is 65.0 cm³/mol. The molecule has 2 rings (SSSR count). The molecule has 0 radical (unpaired) electrons. The average molecular weight is 292 g/mol. The molecule has 1 aromatic heterocycles. The number of hydrogen-bond donors (Lipinski definition) is 1. The van der Waals surface area contributed by atoms with Gasteiger partial charge in [-0.05, 0) is 22.6 Å². The van der Waals surface area contributed by atoms with Crippen LogP contribution in [0.4, 0.5) is 0 Å². The van der Waals surface area contributed by atoms with Crippen molar-refractivity contribution in [3.8, 4) is 0 Å². The third-order valence-corrected chi connectivity index (χ3v) is 4.20. The standard InChI is InChI=1S/C10H8BrClOS/c11-8-2-1-6(4-13)10-9(8)7(3-12)5-14-10/h1-2,5,13H,3-4H2. The van der Waals surface area contributed by atoms with Gasteiger partial charge in [0.15, 0.2) is 0 Å². The lowest BCUT2D eigenvalue weighted by Crippen LogP contribution is -1.84. The molecule has 74 valence electrons. The van der Waals surface area contributed by atoms with Crippen LogP contribution < -0.4 is 0 Å². The van der Waals surface area contributed by atoms with Gasteiger partial charge < -0.3 is 5.11 Å². The van der Waals surface area contributed by atoms with Crippen molar-refractivity contribution >= 4 is 49.0 Å². The van der Waals surface area contributed by atoms with Gasteiger partial charge in [0.2, 0.25) is 0 Å². The van der Waals surface area contributed by atoms with Gasteiger partial charge in [-0.2, -0.15) is 0 Å². The molecule has 0 spiro atoms. The molecule has 0 unspecified atom stereocenters. The van der Waals surface area contributed by atoms with E-state index in [1.54, 1.807) is 11.3 Å². The molecule has 0 aliphatic carbocycles. The Kier molecular flexibility index (Phi) is 3.12. The van der Waals surface area contributed by atoms with Gasteiger partial charge in [0.25, 0.3) is 0 Å². The molecule has 1 N–H and O–H groups in total. The normalized spacial score (nSPS) is 11.1. The van der Waals surface area contributed by atoms with Crippen molar-refractivity contribution in [1.82, 2.24) is 0 Å². The largest absolute Gasteiger partial charge is 0.392 e. The number of fused-ring (bicyclic) bond motifs is 1. The van der Waals surface area contributed by atoms with E-state index in [4.69, 9.17) is 16.7 Å². The highest BCUT2D eigenvalue weighted by molar-refractivity contribution is 9.10. The Morgan fingerprint density at radius 3 is 2.79 bits per heavy atom. The molecule has 1 aromatic carbocycles. The first-order valence-electron chi connectivity index (χ1n) is 4.12. The molecule has 1 nitrogen and oxygen atoms in total. The number of thiophene rings is 1. The number of alkyl halides is 1. The van der Waals surface area contributed by atoms with E-state index in [-0.39, 0.29) is 6.61 Å². The Morgan fingerprint density at radius 2 is 2.14 bits per heavy atom. The molecule has 0 bridgehead atoms. The maximum absolute atomic E-state index is 9.17. The maximum atomic E-state index is 9.17. The van der Waals surface area contributed by atoms with E-state index in [1.807, 2.05) is 17.5 Å². The highest BCUT2D eigenvalue weighted by atomic mass is 79.9. The Hall–Kier alpha value is -0.0900. The molecule has 0 atom stereocenters. The van der Waals surface area contributed by atoms with Crippen molar-refractivity contribution in [2.75, 3.05) is 0 Å². The SMILES string of the molecule is OCc1ccc(Br)c2c(CCl)csc12. The minimum absolute atomic E-state index is 0.0754. The van der Waals surface area contributed by atoms with Crippen LogP contribution >= 0.6 is 38.9 Å². The summed E-state index contributed by atoms with van der Waals surface area (Å²) < 4.78 is 2.17. The number of aliphatic hydroxyl groups excluding tert-OH is 1. The van der Waals surface area contributed by atoms with Gasteiger partial charge in [-0.15, -0.1) is 22.9 Å². The third-order valence-electron chi connectivity index (χ3n) is 2.14. The molecule has 1 heterocycles. The van der Waals surface area contributed by atoms with E-state index in [0.29, 0.717) is 5.88 Å². The molecule has 2 aromatic rings. The van der Waals surface area contributed by atoms with Crippen molar-refractivity contribution in [2.45, 2.75) is 12.5 Å². The summed E-state index contributed by atoms with van der Waals surface area (Å²) in [6.45, 7) is 0.0754. The topological polar surface area (TPSA) is 20.2 Å². The summed E-state index contributed by atoms with van der Waals surface area (Å²) >= 11 is 11.0. The van der Waals surface area contributed by atoms with Crippen LogP contribution in [-0.2, 0) is 12.5 Å². The first-order valence-corrected chi connectivity index (χ1v) is 6.33. The van der Waals surface area contributed by atoms with E-state index < -0.39 is 0 Å². The summed E-state index contributed by atoms with van der Waals surface area (Å²) in [5, 5.41) is 12.3. The van der Waals surface area contributed by atoms with E-state index in [0.717, 1.165) is 25.7 Å². The lowest BCUT2D eigenvalue weighted by atomic mass is 10.1. The van der Waals surface area contributed by atoms with E-state index in [9.17, 15) is 0 Å². The van der Waals surface area contributed by atoms with Crippen LogP contribution in [0.25, 0.3) is 10.1 Å². The Labute approximate surface area is 99.4 Å². The Bertz CT molecular complexity index is 466. The first kappa shape index (κ1) is 10.4. The van der Waals surface area contributed by atoms with Crippen molar-refractivity contribution in [1.29, 1.82) is 0 Å². The van der Waals surface area contributed by atoms with Gasteiger partial charge in [0.05, 0.1) is 6.61 Å². The molecular formula is C10H8BrClOS. The van der Waals surface area contributed by atoms with Crippen molar-refractivity contribution in [3.63, 3.8) is 0 Å². The number of halogens is 2. The van der Waals surface area contributed by atoms with Gasteiger partial charge in [-0.1, -0.05) is 22.0 Å². The van der Waals surface area contributed by atoms with Crippen molar-refractivity contribution in [2.24, 2.45) is 0 Å². The minimum atomic E-state index is 0.0754. The molecule has 0 saturated carbocycles. The molecule has 14 heavy (non-hydrogen) atoms. The van der Waals surface area contributed by atoms with Gasteiger partial charge in [-0.3, -0.25) is 0 Å². The van der Waals surface area contributed by atoms with Crippen LogP contribution in [0.15, 0.2) is 22.0 Å². The second kappa shape index (κ2) is 4.19. The fraction of sp³-hybridized carbons (Fsp3) is 0.200. The second-order valence-corrected chi connectivity index (χ2v) is 4.96. The van der Waals surface area contributed by atoms with Crippen LogP contribution in [0, 0.1) is 0 Å². The Morgan fingerprint density at radius 1 is 1.36 bits per heavy atom. The second-order valence-electron chi connectivity index (χ2n) is 2.96. The molecule has 0 saturated heterocycles. The number of hydrogen-bond acceptors (Lipinski definition) is 2. The molecular weight excluding hydrogens is 284 g/mol.